The number of nitrogens with two attached hydrogens (primary N) is 1. The number of ether oxygens (including phenoxy) is 1. The third-order valence-electron chi connectivity index (χ3n) is 11.3. The number of benzene rings is 5. The molecule has 0 aliphatic carbocycles. The average Bonchev–Trinajstić information content (AvgIpc) is 3.87. The number of guanidine groups is 1. The molecular formula is C50H57N7O8S3. The van der Waals surface area contributed by atoms with Crippen LogP contribution in [0.15, 0.2) is 143 Å². The molecule has 5 aromatic carbocycles. The number of amides is 2. The summed E-state index contributed by atoms with van der Waals surface area (Å²) in [6, 6.07) is 33.0. The lowest BCUT2D eigenvalue weighted by Gasteiger charge is -2.27. The summed E-state index contributed by atoms with van der Waals surface area (Å²) in [5.74, 6) is -1.53. The first-order valence-corrected chi connectivity index (χ1v) is 25.9. The van der Waals surface area contributed by atoms with E-state index in [1.54, 1.807) is 86.8 Å². The third kappa shape index (κ3) is 14.1. The Morgan fingerprint density at radius 2 is 1.34 bits per heavy atom. The molecule has 6 rings (SSSR count). The number of methoxy groups -OCH3 is 1. The van der Waals surface area contributed by atoms with Crippen LogP contribution < -0.4 is 30.5 Å². The van der Waals surface area contributed by atoms with Crippen molar-refractivity contribution in [3.63, 3.8) is 0 Å². The summed E-state index contributed by atoms with van der Waals surface area (Å²) in [5.41, 5.74) is 11.6. The van der Waals surface area contributed by atoms with Gasteiger partial charge >= 0.3 is 0 Å². The Bertz CT molecular complexity index is 2870. The number of nitrogens with zero attached hydrogens (tertiary/aromatic N) is 2. The fraction of sp³-hybridized carbons (Fsp3) is 0.280. The summed E-state index contributed by atoms with van der Waals surface area (Å²) in [7, 11) is -6.68. The standard InChI is InChI=1S/C50H57N7O8S3/c1-33-29-44(65-4)34(2)35(3)46(33)68(63,64)57-50(51)53-26-14-21-41(45(58)49-52-27-28-66-49)54-47(59)42(30-37-22-24-40(25-23-37)39-19-12-7-13-20-39)55-48(60)43(31-36-15-8-5-9-16-36)56-67(61,62)32-38-17-10-6-11-18-38/h5-13,15-20,22-25,27-29,41-43,45,56,58H,14,21,26,30-32H2,1-4H3,(H,54,59)(H,55,60)(H3,51,53,57)/t41-,42-,43+,45?/m0/s1. The highest BCUT2D eigenvalue weighted by atomic mass is 32.2. The number of hydrogen-bond acceptors (Lipinski definition) is 11. The van der Waals surface area contributed by atoms with Crippen molar-refractivity contribution in [2.45, 2.75) is 81.3 Å². The Labute approximate surface area is 402 Å². The molecule has 358 valence electrons. The lowest BCUT2D eigenvalue weighted by molar-refractivity contribution is -0.130. The van der Waals surface area contributed by atoms with E-state index in [0.29, 0.717) is 44.1 Å². The second kappa shape index (κ2) is 23.5. The van der Waals surface area contributed by atoms with Crippen molar-refractivity contribution in [1.82, 2.24) is 25.1 Å². The van der Waals surface area contributed by atoms with Gasteiger partial charge in [-0.05, 0) is 90.6 Å². The predicted octanol–water partition coefficient (Wildman–Crippen LogP) is 5.79. The summed E-state index contributed by atoms with van der Waals surface area (Å²) >= 11 is 1.19. The second-order valence-electron chi connectivity index (χ2n) is 16.4. The molecule has 0 radical (unpaired) electrons. The first-order chi connectivity index (χ1) is 32.5. The predicted molar refractivity (Wildman–Crippen MR) is 266 cm³/mol. The number of thiazole rings is 1. The molecule has 18 heteroatoms. The number of aryl methyl sites for hydroxylation is 1. The fourth-order valence-electron chi connectivity index (χ4n) is 7.79. The highest BCUT2D eigenvalue weighted by Crippen LogP contribution is 2.30. The summed E-state index contributed by atoms with van der Waals surface area (Å²) in [6.07, 6.45) is 0.616. The van der Waals surface area contributed by atoms with Gasteiger partial charge in [0.2, 0.25) is 27.8 Å². The monoisotopic (exact) mass is 979 g/mol. The zero-order chi connectivity index (χ0) is 48.8. The van der Waals surface area contributed by atoms with Gasteiger partial charge in [-0.15, -0.1) is 11.3 Å². The normalized spacial score (nSPS) is 13.8. The van der Waals surface area contributed by atoms with Gasteiger partial charge < -0.3 is 26.2 Å². The summed E-state index contributed by atoms with van der Waals surface area (Å²) in [6.45, 7) is 5.13. The third-order valence-corrected chi connectivity index (χ3v) is 15.2. The SMILES string of the molecule is COc1cc(C)c(S(=O)(=O)NC(N)=NCCC[C@H](NC(=O)[C@H](Cc2ccc(-c3ccccc3)cc2)NC(=O)[C@@H](Cc2ccccc2)NS(=O)(=O)Cc2ccccc2)C(O)c2nccs2)c(C)c1C. The van der Waals surface area contributed by atoms with Crippen LogP contribution in [0, 0.1) is 20.8 Å². The van der Waals surface area contributed by atoms with Crippen LogP contribution in [0.2, 0.25) is 0 Å². The van der Waals surface area contributed by atoms with E-state index < -0.39 is 56.1 Å². The number of nitrogens with one attached hydrogen (secondary N) is 4. The number of rotatable bonds is 22. The Balaban J connectivity index is 1.23. The number of carbonyl (C=O) groups excluding carboxylic acids is 2. The van der Waals surface area contributed by atoms with E-state index in [1.165, 1.54) is 24.6 Å². The maximum Gasteiger partial charge on any atom is 0.264 e. The van der Waals surface area contributed by atoms with Crippen molar-refractivity contribution in [3.8, 4) is 16.9 Å². The van der Waals surface area contributed by atoms with Gasteiger partial charge in [0, 0.05) is 24.5 Å². The van der Waals surface area contributed by atoms with E-state index in [0.717, 1.165) is 11.1 Å². The Hall–Kier alpha value is -6.44. The molecule has 15 nitrogen and oxygen atoms in total. The average molecular weight is 980 g/mol. The van der Waals surface area contributed by atoms with E-state index in [-0.39, 0.29) is 48.8 Å². The molecule has 0 fully saturated rings. The molecule has 1 heterocycles. The molecule has 0 aliphatic rings. The summed E-state index contributed by atoms with van der Waals surface area (Å²) in [4.78, 5) is 37.6. The molecule has 2 amide bonds. The lowest BCUT2D eigenvalue weighted by atomic mass is 9.99. The van der Waals surface area contributed by atoms with Gasteiger partial charge in [0.15, 0.2) is 0 Å². The lowest BCUT2D eigenvalue weighted by Crippen LogP contribution is -2.56. The van der Waals surface area contributed by atoms with Crippen LogP contribution in [0.5, 0.6) is 5.75 Å². The van der Waals surface area contributed by atoms with Gasteiger partial charge in [0.1, 0.15) is 28.9 Å². The van der Waals surface area contributed by atoms with Crippen molar-refractivity contribution in [2.24, 2.45) is 10.7 Å². The van der Waals surface area contributed by atoms with E-state index >= 15 is 0 Å². The van der Waals surface area contributed by atoms with Crippen LogP contribution >= 0.6 is 11.3 Å². The van der Waals surface area contributed by atoms with Crippen molar-refractivity contribution in [3.05, 3.63) is 171 Å². The highest BCUT2D eigenvalue weighted by molar-refractivity contribution is 7.90. The van der Waals surface area contributed by atoms with E-state index in [4.69, 9.17) is 10.5 Å². The van der Waals surface area contributed by atoms with Crippen molar-refractivity contribution < 1.29 is 36.3 Å². The van der Waals surface area contributed by atoms with Crippen LogP contribution in [0.25, 0.3) is 11.1 Å². The largest absolute Gasteiger partial charge is 0.496 e. The molecule has 0 aliphatic heterocycles. The zero-order valence-corrected chi connectivity index (χ0v) is 40.7. The maximum atomic E-state index is 14.6. The van der Waals surface area contributed by atoms with Gasteiger partial charge in [-0.25, -0.2) is 31.3 Å². The van der Waals surface area contributed by atoms with Crippen LogP contribution in [-0.4, -0.2) is 76.5 Å². The van der Waals surface area contributed by atoms with Gasteiger partial charge in [-0.3, -0.25) is 14.6 Å². The molecular weight excluding hydrogens is 923 g/mol. The molecule has 6 aromatic rings. The second-order valence-corrected chi connectivity index (χ2v) is 20.7. The first-order valence-electron chi connectivity index (χ1n) is 21.9. The van der Waals surface area contributed by atoms with Gasteiger partial charge in [-0.2, -0.15) is 0 Å². The maximum absolute atomic E-state index is 14.6. The number of sulfonamides is 2. The van der Waals surface area contributed by atoms with E-state index in [1.807, 2.05) is 60.7 Å². The zero-order valence-electron chi connectivity index (χ0n) is 38.3. The molecule has 4 atom stereocenters. The minimum absolute atomic E-state index is 0.00898. The molecule has 0 spiro atoms. The molecule has 0 bridgehead atoms. The number of carbonyl (C=O) groups is 2. The van der Waals surface area contributed by atoms with E-state index in [9.17, 15) is 31.5 Å². The number of aliphatic imine (C=N–C) groups is 1. The number of aliphatic hydroxyl groups is 1. The summed E-state index contributed by atoms with van der Waals surface area (Å²) in [5, 5.41) is 19.4. The minimum Gasteiger partial charge on any atom is -0.496 e. The molecule has 68 heavy (non-hydrogen) atoms. The van der Waals surface area contributed by atoms with Crippen LogP contribution in [0.4, 0.5) is 0 Å². The fourth-order valence-corrected chi connectivity index (χ4v) is 11.3. The molecule has 1 aromatic heterocycles. The van der Waals surface area contributed by atoms with Gasteiger partial charge in [0.05, 0.1) is 23.8 Å². The molecule has 1 unspecified atom stereocenters. The highest BCUT2D eigenvalue weighted by Gasteiger charge is 2.32. The van der Waals surface area contributed by atoms with E-state index in [2.05, 4.69) is 30.1 Å². The quantitative estimate of drug-likeness (QED) is 0.0272. The Morgan fingerprint density at radius 1 is 0.765 bits per heavy atom. The van der Waals surface area contributed by atoms with Gasteiger partial charge in [-0.1, -0.05) is 115 Å². The van der Waals surface area contributed by atoms with Crippen LogP contribution in [0.3, 0.4) is 0 Å². The van der Waals surface area contributed by atoms with Crippen LogP contribution in [-0.2, 0) is 48.2 Å². The number of aromatic nitrogens is 1. The first kappa shape index (κ1) is 51.0. The van der Waals surface area contributed by atoms with Gasteiger partial charge in [0.25, 0.3) is 10.0 Å². The summed E-state index contributed by atoms with van der Waals surface area (Å²) < 4.78 is 64.5. The molecule has 0 saturated heterocycles. The molecule has 0 saturated carbocycles. The minimum atomic E-state index is -4.13. The van der Waals surface area contributed by atoms with Crippen molar-refractivity contribution in [2.75, 3.05) is 13.7 Å². The molecule has 7 N–H and O–H groups in total. The van der Waals surface area contributed by atoms with Crippen molar-refractivity contribution in [1.29, 1.82) is 0 Å². The smallest absolute Gasteiger partial charge is 0.264 e. The number of hydrogen-bond donors (Lipinski definition) is 6. The Kier molecular flexibility index (Phi) is 17.6. The Morgan fingerprint density at radius 3 is 1.96 bits per heavy atom. The number of aliphatic hydroxyl groups excluding tert-OH is 1. The topological polar surface area (TPSA) is 231 Å². The van der Waals surface area contributed by atoms with Crippen molar-refractivity contribution >= 4 is 49.2 Å². The van der Waals surface area contributed by atoms with Crippen LogP contribution in [0.1, 0.15) is 57.3 Å².